The van der Waals surface area contributed by atoms with Gasteiger partial charge >= 0.3 is 6.36 Å². The van der Waals surface area contributed by atoms with Gasteiger partial charge in [0.15, 0.2) is 5.75 Å². The molecule has 1 rings (SSSR count). The second-order valence-corrected chi connectivity index (χ2v) is 2.31. The summed E-state index contributed by atoms with van der Waals surface area (Å²) >= 11 is 0. The number of halogens is 3. The molecule has 1 aromatic heterocycles. The number of alkyl halides is 3. The predicted molar refractivity (Wildman–Crippen MR) is 41.9 cm³/mol. The molecule has 1 aromatic rings. The van der Waals surface area contributed by atoms with Crippen LogP contribution in [0.1, 0.15) is 5.69 Å². The van der Waals surface area contributed by atoms with E-state index >= 15 is 0 Å². The van der Waals surface area contributed by atoms with Gasteiger partial charge in [0.25, 0.3) is 0 Å². The van der Waals surface area contributed by atoms with Crippen LogP contribution < -0.4 is 10.5 Å². The minimum atomic E-state index is -4.81. The molecule has 0 atom stereocenters. The normalized spacial score (nSPS) is 11.1. The number of rotatable bonds is 2. The molecule has 0 saturated heterocycles. The summed E-state index contributed by atoms with van der Waals surface area (Å²) in [4.78, 5) is 3.49. The first kappa shape index (κ1) is 10.3. The molecular formula is C7H6F3N3O. The largest absolute Gasteiger partial charge is 0.573 e. The van der Waals surface area contributed by atoms with Gasteiger partial charge in [-0.15, -0.1) is 13.2 Å². The van der Waals surface area contributed by atoms with Gasteiger partial charge in [0, 0.05) is 6.20 Å². The molecule has 0 radical (unpaired) electrons. The van der Waals surface area contributed by atoms with Crippen LogP contribution in [0, 0.1) is 5.41 Å². The quantitative estimate of drug-likeness (QED) is 0.564. The van der Waals surface area contributed by atoms with Crippen LogP contribution in [0.4, 0.5) is 13.2 Å². The van der Waals surface area contributed by atoms with E-state index in [4.69, 9.17) is 11.1 Å². The molecule has 1 heterocycles. The van der Waals surface area contributed by atoms with Crippen LogP contribution >= 0.6 is 0 Å². The first-order chi connectivity index (χ1) is 6.40. The molecule has 14 heavy (non-hydrogen) atoms. The van der Waals surface area contributed by atoms with Crippen molar-refractivity contribution in [2.75, 3.05) is 0 Å². The van der Waals surface area contributed by atoms with Gasteiger partial charge in [-0.25, -0.2) is 4.98 Å². The maximum absolute atomic E-state index is 11.8. The molecule has 0 saturated carbocycles. The number of amidine groups is 1. The Morgan fingerprint density at radius 2 is 2.14 bits per heavy atom. The molecule has 7 heteroatoms. The number of hydrogen-bond donors (Lipinski definition) is 2. The van der Waals surface area contributed by atoms with Crippen molar-refractivity contribution in [1.82, 2.24) is 4.98 Å². The fourth-order valence-electron chi connectivity index (χ4n) is 0.800. The molecule has 0 spiro atoms. The maximum atomic E-state index is 11.8. The molecule has 4 nitrogen and oxygen atoms in total. The molecule has 0 fully saturated rings. The van der Waals surface area contributed by atoms with E-state index in [1.165, 1.54) is 12.3 Å². The summed E-state index contributed by atoms with van der Waals surface area (Å²) < 4.78 is 39.1. The fraction of sp³-hybridized carbons (Fsp3) is 0.143. The van der Waals surface area contributed by atoms with Gasteiger partial charge in [0.2, 0.25) is 0 Å². The molecule has 0 unspecified atom stereocenters. The summed E-state index contributed by atoms with van der Waals surface area (Å²) in [5, 5.41) is 6.95. The topological polar surface area (TPSA) is 72.0 Å². The van der Waals surface area contributed by atoms with Crippen molar-refractivity contribution in [1.29, 1.82) is 5.41 Å². The van der Waals surface area contributed by atoms with Crippen molar-refractivity contribution in [3.05, 3.63) is 24.0 Å². The molecule has 3 N–H and O–H groups in total. The van der Waals surface area contributed by atoms with Crippen molar-refractivity contribution < 1.29 is 17.9 Å². The van der Waals surface area contributed by atoms with Crippen molar-refractivity contribution in [3.63, 3.8) is 0 Å². The molecule has 0 aliphatic heterocycles. The second-order valence-electron chi connectivity index (χ2n) is 2.31. The zero-order valence-electron chi connectivity index (χ0n) is 6.80. The van der Waals surface area contributed by atoms with Gasteiger partial charge in [-0.3, -0.25) is 5.41 Å². The number of pyridine rings is 1. The lowest BCUT2D eigenvalue weighted by molar-refractivity contribution is -0.274. The Morgan fingerprint density at radius 1 is 1.50 bits per heavy atom. The molecule has 0 amide bonds. The number of hydrogen-bond acceptors (Lipinski definition) is 3. The third-order valence-corrected chi connectivity index (χ3v) is 1.25. The van der Waals surface area contributed by atoms with Crippen LogP contribution in [0.25, 0.3) is 0 Å². The minimum absolute atomic E-state index is 0.329. The minimum Gasteiger partial charge on any atom is -0.403 e. The Bertz CT molecular complexity index is 350. The lowest BCUT2D eigenvalue weighted by atomic mass is 10.3. The van der Waals surface area contributed by atoms with Crippen molar-refractivity contribution in [2.45, 2.75) is 6.36 Å². The Morgan fingerprint density at radius 3 is 2.64 bits per heavy atom. The number of nitrogen functional groups attached to an aromatic ring is 1. The molecule has 76 valence electrons. The number of aromatic nitrogens is 1. The van der Waals surface area contributed by atoms with Crippen LogP contribution in [0.5, 0.6) is 5.75 Å². The van der Waals surface area contributed by atoms with Crippen LogP contribution in [0.15, 0.2) is 18.3 Å². The standard InChI is InChI=1S/C7H6F3N3O/c8-7(9,10)14-4-2-1-3-13-5(4)6(11)12/h1-3H,(H3,11,12). The highest BCUT2D eigenvalue weighted by molar-refractivity contribution is 5.95. The highest BCUT2D eigenvalue weighted by atomic mass is 19.4. The fourth-order valence-corrected chi connectivity index (χ4v) is 0.800. The van der Waals surface area contributed by atoms with E-state index in [1.54, 1.807) is 0 Å². The van der Waals surface area contributed by atoms with E-state index in [0.29, 0.717) is 0 Å². The molecule has 0 bridgehead atoms. The zero-order valence-corrected chi connectivity index (χ0v) is 6.80. The third kappa shape index (κ3) is 2.61. The van der Waals surface area contributed by atoms with Crippen molar-refractivity contribution >= 4 is 5.84 Å². The first-order valence-corrected chi connectivity index (χ1v) is 3.45. The highest BCUT2D eigenvalue weighted by Gasteiger charge is 2.32. The average molecular weight is 205 g/mol. The average Bonchev–Trinajstić information content (AvgIpc) is 2.01. The van der Waals surface area contributed by atoms with Crippen LogP contribution in [0.2, 0.25) is 0 Å². The predicted octanol–water partition coefficient (Wildman–Crippen LogP) is 1.26. The third-order valence-electron chi connectivity index (χ3n) is 1.25. The van der Waals surface area contributed by atoms with E-state index in [1.807, 2.05) is 0 Å². The number of nitrogens with two attached hydrogens (primary N) is 1. The highest BCUT2D eigenvalue weighted by Crippen LogP contribution is 2.24. The maximum Gasteiger partial charge on any atom is 0.573 e. The SMILES string of the molecule is N=C(N)c1ncccc1OC(F)(F)F. The molecule has 0 aliphatic carbocycles. The molecule has 0 aromatic carbocycles. The summed E-state index contributed by atoms with van der Waals surface area (Å²) in [5.41, 5.74) is 4.68. The van der Waals surface area contributed by atoms with Crippen LogP contribution in [-0.2, 0) is 0 Å². The van der Waals surface area contributed by atoms with E-state index in [9.17, 15) is 13.2 Å². The smallest absolute Gasteiger partial charge is 0.403 e. The second kappa shape index (κ2) is 3.52. The first-order valence-electron chi connectivity index (χ1n) is 3.45. The Kier molecular flexibility index (Phi) is 2.59. The zero-order chi connectivity index (χ0) is 10.8. The Labute approximate surface area is 77.0 Å². The van der Waals surface area contributed by atoms with E-state index < -0.39 is 17.9 Å². The van der Waals surface area contributed by atoms with Gasteiger partial charge in [-0.05, 0) is 12.1 Å². The van der Waals surface area contributed by atoms with Gasteiger partial charge in [-0.1, -0.05) is 0 Å². The summed E-state index contributed by atoms with van der Waals surface area (Å²) in [5.74, 6) is -1.16. The lowest BCUT2D eigenvalue weighted by Gasteiger charge is -2.10. The number of ether oxygens (including phenoxy) is 1. The summed E-state index contributed by atoms with van der Waals surface area (Å²) in [7, 11) is 0. The van der Waals surface area contributed by atoms with E-state index in [2.05, 4.69) is 9.72 Å². The van der Waals surface area contributed by atoms with Crippen LogP contribution in [-0.4, -0.2) is 17.2 Å². The van der Waals surface area contributed by atoms with Crippen molar-refractivity contribution in [3.8, 4) is 5.75 Å². The van der Waals surface area contributed by atoms with Gasteiger partial charge in [0.05, 0.1) is 0 Å². The van der Waals surface area contributed by atoms with Crippen LogP contribution in [0.3, 0.4) is 0 Å². The van der Waals surface area contributed by atoms with Crippen molar-refractivity contribution in [2.24, 2.45) is 5.73 Å². The summed E-state index contributed by atoms with van der Waals surface area (Å²) in [6.07, 6.45) is -3.59. The van der Waals surface area contributed by atoms with Gasteiger partial charge in [0.1, 0.15) is 11.5 Å². The Balaban J connectivity index is 3.02. The molecular weight excluding hydrogens is 199 g/mol. The molecule has 0 aliphatic rings. The number of nitrogens with zero attached hydrogens (tertiary/aromatic N) is 1. The van der Waals surface area contributed by atoms with E-state index in [-0.39, 0.29) is 5.69 Å². The van der Waals surface area contributed by atoms with Gasteiger partial charge in [-0.2, -0.15) is 0 Å². The monoisotopic (exact) mass is 205 g/mol. The van der Waals surface area contributed by atoms with E-state index in [0.717, 1.165) is 6.07 Å². The Hall–Kier alpha value is -1.79. The number of nitrogens with one attached hydrogen (secondary N) is 1. The van der Waals surface area contributed by atoms with Gasteiger partial charge < -0.3 is 10.5 Å². The summed E-state index contributed by atoms with van der Waals surface area (Å²) in [6, 6.07) is 2.30. The lowest BCUT2D eigenvalue weighted by Crippen LogP contribution is -2.21. The summed E-state index contributed by atoms with van der Waals surface area (Å²) in [6.45, 7) is 0.